The number of aromatic nitrogens is 3. The number of imidazole rings is 1. The maximum absolute atomic E-state index is 13.4. The van der Waals surface area contributed by atoms with Crippen molar-refractivity contribution in [2.45, 2.75) is 38.8 Å². The van der Waals surface area contributed by atoms with Crippen LogP contribution in [0.5, 0.6) is 11.6 Å². The lowest BCUT2D eigenvalue weighted by Gasteiger charge is -2.26. The molecule has 0 spiro atoms. The van der Waals surface area contributed by atoms with Gasteiger partial charge in [-0.15, -0.1) is 0 Å². The van der Waals surface area contributed by atoms with E-state index in [0.717, 1.165) is 46.3 Å². The molecule has 0 saturated heterocycles. The zero-order valence-electron chi connectivity index (χ0n) is 17.2. The van der Waals surface area contributed by atoms with E-state index in [4.69, 9.17) is 4.74 Å². The fourth-order valence-electron chi connectivity index (χ4n) is 4.59. The van der Waals surface area contributed by atoms with E-state index in [0.29, 0.717) is 18.7 Å². The average Bonchev–Trinajstić information content (AvgIpc) is 3.26. The molecule has 1 aliphatic heterocycles. The van der Waals surface area contributed by atoms with Gasteiger partial charge in [0.2, 0.25) is 5.88 Å². The molecule has 30 heavy (non-hydrogen) atoms. The number of nitrogens with one attached hydrogen (secondary N) is 1. The third-order valence-electron chi connectivity index (χ3n) is 6.13. The van der Waals surface area contributed by atoms with Gasteiger partial charge in [-0.25, -0.2) is 4.79 Å². The highest BCUT2D eigenvalue weighted by atomic mass is 16.5. The molecule has 154 valence electrons. The number of hydrogen-bond donors (Lipinski definition) is 2. The van der Waals surface area contributed by atoms with Gasteiger partial charge in [0.25, 0.3) is 0 Å². The van der Waals surface area contributed by atoms with Gasteiger partial charge in [0.15, 0.2) is 0 Å². The summed E-state index contributed by atoms with van der Waals surface area (Å²) in [7, 11) is 1.64. The van der Waals surface area contributed by atoms with Crippen LogP contribution in [0.4, 0.5) is 0 Å². The predicted molar refractivity (Wildman–Crippen MR) is 117 cm³/mol. The monoisotopic (exact) mass is 403 g/mol. The predicted octanol–water partition coefficient (Wildman–Crippen LogP) is 4.19. The Labute approximate surface area is 174 Å². The molecule has 5 rings (SSSR count). The zero-order valence-corrected chi connectivity index (χ0v) is 17.2. The Morgan fingerprint density at radius 2 is 1.93 bits per heavy atom. The van der Waals surface area contributed by atoms with Crippen molar-refractivity contribution in [1.29, 1.82) is 0 Å². The number of aromatic amines is 1. The van der Waals surface area contributed by atoms with Crippen LogP contribution in [0.3, 0.4) is 0 Å². The van der Waals surface area contributed by atoms with Gasteiger partial charge < -0.3 is 14.8 Å². The summed E-state index contributed by atoms with van der Waals surface area (Å²) >= 11 is 0. The summed E-state index contributed by atoms with van der Waals surface area (Å²) in [5.41, 5.74) is 4.66. The van der Waals surface area contributed by atoms with Crippen LogP contribution in [-0.4, -0.2) is 26.3 Å². The number of hydrogen-bond acceptors (Lipinski definition) is 3. The normalized spacial score (nSPS) is 15.2. The average molecular weight is 403 g/mol. The molecule has 2 N–H and O–H groups in total. The van der Waals surface area contributed by atoms with E-state index in [-0.39, 0.29) is 17.6 Å². The third kappa shape index (κ3) is 2.67. The first-order chi connectivity index (χ1) is 14.6. The minimum atomic E-state index is -0.330. The van der Waals surface area contributed by atoms with E-state index in [9.17, 15) is 9.90 Å². The Balaban J connectivity index is 1.77. The molecule has 1 atom stereocenters. The van der Waals surface area contributed by atoms with E-state index in [1.165, 1.54) is 4.57 Å². The Bertz CT molecular complexity index is 1280. The lowest BCUT2D eigenvalue weighted by Crippen LogP contribution is -2.32. The molecular weight excluding hydrogens is 378 g/mol. The number of rotatable bonds is 5. The van der Waals surface area contributed by atoms with Gasteiger partial charge in [-0.2, -0.15) is 0 Å². The van der Waals surface area contributed by atoms with Crippen LogP contribution in [0.2, 0.25) is 0 Å². The summed E-state index contributed by atoms with van der Waals surface area (Å²) in [5.74, 6) is 0.852. The second-order valence-electron chi connectivity index (χ2n) is 7.84. The highest BCUT2D eigenvalue weighted by Gasteiger charge is 2.35. The van der Waals surface area contributed by atoms with Crippen LogP contribution in [0.25, 0.3) is 10.9 Å². The number of unbranched alkanes of at least 4 members (excludes halogenated alkanes) is 1. The van der Waals surface area contributed by atoms with Gasteiger partial charge in [0, 0.05) is 29.6 Å². The highest BCUT2D eigenvalue weighted by molar-refractivity contribution is 5.86. The molecule has 2 aromatic heterocycles. The second-order valence-corrected chi connectivity index (χ2v) is 7.84. The first-order valence-corrected chi connectivity index (χ1v) is 10.4. The lowest BCUT2D eigenvalue weighted by molar-refractivity contribution is 0.404. The summed E-state index contributed by atoms with van der Waals surface area (Å²) in [4.78, 5) is 17.0. The molecule has 6 heteroatoms. The lowest BCUT2D eigenvalue weighted by atomic mass is 9.93. The quantitative estimate of drug-likeness (QED) is 0.462. The van der Waals surface area contributed by atoms with Crippen molar-refractivity contribution in [1.82, 2.24) is 14.1 Å². The zero-order chi connectivity index (χ0) is 20.8. The molecule has 1 aliphatic rings. The topological polar surface area (TPSA) is 72.2 Å². The van der Waals surface area contributed by atoms with Crippen LogP contribution < -0.4 is 10.4 Å². The minimum Gasteiger partial charge on any atom is -0.497 e. The first-order valence-electron chi connectivity index (χ1n) is 10.4. The van der Waals surface area contributed by atoms with Crippen LogP contribution in [0.15, 0.2) is 53.3 Å². The molecule has 0 aliphatic carbocycles. The summed E-state index contributed by atoms with van der Waals surface area (Å²) in [6.07, 6.45) is 2.32. The van der Waals surface area contributed by atoms with Gasteiger partial charge in [0.05, 0.1) is 12.8 Å². The van der Waals surface area contributed by atoms with Crippen LogP contribution in [-0.2, 0) is 13.0 Å². The number of methoxy groups -OCH3 is 1. The van der Waals surface area contributed by atoms with Crippen LogP contribution >= 0.6 is 0 Å². The van der Waals surface area contributed by atoms with E-state index in [1.54, 1.807) is 11.7 Å². The molecule has 0 radical (unpaired) electrons. The summed E-state index contributed by atoms with van der Waals surface area (Å²) < 4.78 is 8.59. The number of ether oxygens (including phenoxy) is 1. The largest absolute Gasteiger partial charge is 0.497 e. The number of nitrogens with zero attached hydrogens (tertiary/aromatic N) is 2. The number of benzene rings is 2. The fourth-order valence-corrected chi connectivity index (χ4v) is 4.59. The van der Waals surface area contributed by atoms with E-state index in [1.807, 2.05) is 42.5 Å². The summed E-state index contributed by atoms with van der Waals surface area (Å²) in [5, 5.41) is 12.1. The van der Waals surface area contributed by atoms with Crippen molar-refractivity contribution in [3.63, 3.8) is 0 Å². The van der Waals surface area contributed by atoms with Gasteiger partial charge in [-0.05, 0) is 35.7 Å². The number of aromatic hydroxyl groups is 1. The SMILES string of the molecule is CCCCn1c(O)c2n(c1=O)C(c1ccc(OC)cc1)c1[nH]c3ccccc3c1C2. The molecule has 3 heterocycles. The highest BCUT2D eigenvalue weighted by Crippen LogP contribution is 2.41. The van der Waals surface area contributed by atoms with Crippen molar-refractivity contribution in [2.75, 3.05) is 7.11 Å². The third-order valence-corrected chi connectivity index (χ3v) is 6.13. The Hall–Kier alpha value is -3.41. The Kier molecular flexibility index (Phi) is 4.42. The van der Waals surface area contributed by atoms with Crippen molar-refractivity contribution < 1.29 is 9.84 Å². The maximum atomic E-state index is 13.4. The standard InChI is InChI=1S/C24H25N3O3/c1-3-4-13-26-23(28)20-14-18-17-7-5-6-8-19(17)25-21(18)22(27(20)24(26)29)15-9-11-16(30-2)12-10-15/h5-12,22,25,28H,3-4,13-14H2,1-2H3. The first kappa shape index (κ1) is 18.6. The van der Waals surface area contributed by atoms with Gasteiger partial charge in [-0.1, -0.05) is 43.7 Å². The van der Waals surface area contributed by atoms with E-state index >= 15 is 0 Å². The van der Waals surface area contributed by atoms with Crippen LogP contribution in [0, 0.1) is 0 Å². The summed E-state index contributed by atoms with van der Waals surface area (Å²) in [6, 6.07) is 15.6. The summed E-state index contributed by atoms with van der Waals surface area (Å²) in [6.45, 7) is 2.60. The maximum Gasteiger partial charge on any atom is 0.332 e. The molecule has 0 saturated carbocycles. The number of fused-ring (bicyclic) bond motifs is 4. The van der Waals surface area contributed by atoms with Gasteiger partial charge in [0.1, 0.15) is 11.8 Å². The van der Waals surface area contributed by atoms with E-state index in [2.05, 4.69) is 18.0 Å². The molecule has 2 aromatic carbocycles. The molecular formula is C24H25N3O3. The number of para-hydroxylation sites is 1. The molecule has 0 amide bonds. The minimum absolute atomic E-state index is 0.0860. The van der Waals surface area contributed by atoms with Crippen molar-refractivity contribution in [2.24, 2.45) is 0 Å². The molecule has 0 fully saturated rings. The van der Waals surface area contributed by atoms with Crippen molar-refractivity contribution in [3.8, 4) is 11.6 Å². The molecule has 1 unspecified atom stereocenters. The smallest absolute Gasteiger partial charge is 0.332 e. The fraction of sp³-hybridized carbons (Fsp3) is 0.292. The Morgan fingerprint density at radius 1 is 1.17 bits per heavy atom. The van der Waals surface area contributed by atoms with E-state index < -0.39 is 0 Å². The van der Waals surface area contributed by atoms with Crippen LogP contribution in [0.1, 0.15) is 48.3 Å². The molecule has 4 aromatic rings. The second kappa shape index (κ2) is 7.13. The molecule has 0 bridgehead atoms. The van der Waals surface area contributed by atoms with Gasteiger partial charge in [-0.3, -0.25) is 9.13 Å². The Morgan fingerprint density at radius 3 is 2.67 bits per heavy atom. The van der Waals surface area contributed by atoms with Gasteiger partial charge >= 0.3 is 5.69 Å². The van der Waals surface area contributed by atoms with Crippen molar-refractivity contribution in [3.05, 3.63) is 81.5 Å². The molecule has 6 nitrogen and oxygen atoms in total. The van der Waals surface area contributed by atoms with Crippen molar-refractivity contribution >= 4 is 10.9 Å². The number of H-pyrrole nitrogens is 1.